The number of hydrogen-bond acceptors (Lipinski definition) is 3. The third kappa shape index (κ3) is 2.37. The number of carbonyl (C=O) groups is 1. The predicted molar refractivity (Wildman–Crippen MR) is 105 cm³/mol. The Kier molecular flexibility index (Phi) is 3.87. The average Bonchev–Trinajstić information content (AvgIpc) is 3.11. The maximum Gasteiger partial charge on any atom is 0.163 e. The van der Waals surface area contributed by atoms with E-state index in [0.717, 1.165) is 12.8 Å². The molecule has 1 saturated heterocycles. The maximum absolute atomic E-state index is 12.4. The fourth-order valence-corrected chi connectivity index (χ4v) is 8.30. The quantitative estimate of drug-likeness (QED) is 0.542. The first kappa shape index (κ1) is 18.4. The lowest BCUT2D eigenvalue weighted by Crippen LogP contribution is -2.62. The molecule has 0 aromatic carbocycles. The second kappa shape index (κ2) is 5.69. The summed E-state index contributed by atoms with van der Waals surface area (Å²) in [7, 11) is 0. The molecule has 150 valence electrons. The molecular formula is C24H36O3. The third-order valence-electron chi connectivity index (χ3n) is 9.55. The third-order valence-corrected chi connectivity index (χ3v) is 9.55. The van der Waals surface area contributed by atoms with Crippen LogP contribution in [0.2, 0.25) is 0 Å². The van der Waals surface area contributed by atoms with Crippen molar-refractivity contribution in [1.29, 1.82) is 0 Å². The Bertz CT molecular complexity index is 694. The molecule has 0 bridgehead atoms. The van der Waals surface area contributed by atoms with Crippen molar-refractivity contribution in [1.82, 2.24) is 0 Å². The van der Waals surface area contributed by atoms with Gasteiger partial charge in [0.25, 0.3) is 0 Å². The van der Waals surface area contributed by atoms with Crippen LogP contribution < -0.4 is 0 Å². The molecule has 1 aliphatic heterocycles. The fraction of sp³-hybridized carbons (Fsp3) is 0.875. The monoisotopic (exact) mass is 372 g/mol. The molecule has 6 unspecified atom stereocenters. The second-order valence-corrected chi connectivity index (χ2v) is 11.0. The van der Waals surface area contributed by atoms with E-state index in [4.69, 9.17) is 9.47 Å². The Morgan fingerprint density at radius 1 is 0.926 bits per heavy atom. The van der Waals surface area contributed by atoms with Gasteiger partial charge in [-0.1, -0.05) is 25.5 Å². The molecule has 8 atom stereocenters. The topological polar surface area (TPSA) is 35.5 Å². The van der Waals surface area contributed by atoms with Crippen molar-refractivity contribution >= 4 is 5.78 Å². The number of rotatable bonds is 0. The van der Waals surface area contributed by atoms with E-state index < -0.39 is 5.79 Å². The van der Waals surface area contributed by atoms with Gasteiger partial charge in [0.2, 0.25) is 0 Å². The van der Waals surface area contributed by atoms with Crippen LogP contribution in [0.3, 0.4) is 0 Å². The summed E-state index contributed by atoms with van der Waals surface area (Å²) in [5.41, 5.74) is 2.24. The molecule has 4 aliphatic carbocycles. The molecule has 4 saturated carbocycles. The second-order valence-electron chi connectivity index (χ2n) is 11.0. The number of carbonyl (C=O) groups excluding carboxylic acids is 1. The standard InChI is InChI=1S/C24H36O3/c1-6-14-7-8-16-19-17(10-12-23(14,16)4)24(5)11-9-15(25)13-18(24)20-21(19)27-22(2,3)26-20/h6,16-21H,7-13H2,1-5H3/b14-6-/t16?,17?,18?,19?,20-,21?,23-,24?/m1/s1. The molecule has 0 radical (unpaired) electrons. The summed E-state index contributed by atoms with van der Waals surface area (Å²) >= 11 is 0. The van der Waals surface area contributed by atoms with Gasteiger partial charge < -0.3 is 9.47 Å². The van der Waals surface area contributed by atoms with Crippen LogP contribution in [-0.4, -0.2) is 23.8 Å². The van der Waals surface area contributed by atoms with Gasteiger partial charge in [-0.05, 0) is 81.5 Å². The highest BCUT2D eigenvalue weighted by atomic mass is 16.8. The number of ether oxygens (including phenoxy) is 2. The molecule has 5 rings (SSSR count). The summed E-state index contributed by atoms with van der Waals surface area (Å²) in [5.74, 6) is 2.18. The van der Waals surface area contributed by atoms with Crippen LogP contribution in [0.4, 0.5) is 0 Å². The maximum atomic E-state index is 12.4. The van der Waals surface area contributed by atoms with Crippen molar-refractivity contribution in [3.05, 3.63) is 11.6 Å². The summed E-state index contributed by atoms with van der Waals surface area (Å²) in [6, 6.07) is 0. The predicted octanol–water partition coefficient (Wildman–Crippen LogP) is 5.28. The van der Waals surface area contributed by atoms with Gasteiger partial charge >= 0.3 is 0 Å². The van der Waals surface area contributed by atoms with E-state index in [1.165, 1.54) is 25.7 Å². The molecule has 5 aliphatic rings. The Hall–Kier alpha value is -0.670. The van der Waals surface area contributed by atoms with E-state index in [2.05, 4.69) is 40.7 Å². The molecule has 5 fully saturated rings. The van der Waals surface area contributed by atoms with Crippen molar-refractivity contribution in [3.8, 4) is 0 Å². The molecule has 0 aromatic rings. The van der Waals surface area contributed by atoms with Gasteiger partial charge in [-0.2, -0.15) is 0 Å². The van der Waals surface area contributed by atoms with Crippen molar-refractivity contribution in [2.75, 3.05) is 0 Å². The highest BCUT2D eigenvalue weighted by Gasteiger charge is 2.67. The zero-order valence-corrected chi connectivity index (χ0v) is 17.7. The van der Waals surface area contributed by atoms with Crippen molar-refractivity contribution in [2.24, 2.45) is 34.5 Å². The van der Waals surface area contributed by atoms with E-state index in [1.807, 2.05) is 0 Å². The highest BCUT2D eigenvalue weighted by Crippen LogP contribution is 2.69. The van der Waals surface area contributed by atoms with Gasteiger partial charge in [0.1, 0.15) is 5.78 Å². The molecule has 0 amide bonds. The normalized spacial score (nSPS) is 55.0. The first-order valence-corrected chi connectivity index (χ1v) is 11.2. The molecule has 0 N–H and O–H groups in total. The van der Waals surface area contributed by atoms with Gasteiger partial charge in [0, 0.05) is 18.8 Å². The summed E-state index contributed by atoms with van der Waals surface area (Å²) < 4.78 is 13.2. The van der Waals surface area contributed by atoms with Crippen molar-refractivity contribution < 1.29 is 14.3 Å². The smallest absolute Gasteiger partial charge is 0.163 e. The van der Waals surface area contributed by atoms with Crippen LogP contribution in [0.1, 0.15) is 79.6 Å². The average molecular weight is 373 g/mol. The van der Waals surface area contributed by atoms with Crippen LogP contribution in [0.5, 0.6) is 0 Å². The molecule has 3 nitrogen and oxygen atoms in total. The van der Waals surface area contributed by atoms with E-state index in [1.54, 1.807) is 5.57 Å². The van der Waals surface area contributed by atoms with E-state index in [-0.39, 0.29) is 17.6 Å². The molecule has 0 spiro atoms. The van der Waals surface area contributed by atoms with Crippen LogP contribution in [0.15, 0.2) is 11.6 Å². The number of hydrogen-bond donors (Lipinski definition) is 0. The van der Waals surface area contributed by atoms with Gasteiger partial charge in [-0.3, -0.25) is 4.79 Å². The Morgan fingerprint density at radius 2 is 1.67 bits per heavy atom. The van der Waals surface area contributed by atoms with Gasteiger partial charge in [-0.25, -0.2) is 0 Å². The number of ketones is 1. The Balaban J connectivity index is 1.60. The Morgan fingerprint density at radius 3 is 2.41 bits per heavy atom. The number of fused-ring (bicyclic) bond motifs is 8. The van der Waals surface area contributed by atoms with Crippen LogP contribution in [-0.2, 0) is 14.3 Å². The van der Waals surface area contributed by atoms with Gasteiger partial charge in [0.05, 0.1) is 12.2 Å². The summed E-state index contributed by atoms with van der Waals surface area (Å²) in [6.07, 6.45) is 10.3. The van der Waals surface area contributed by atoms with E-state index >= 15 is 0 Å². The zero-order valence-electron chi connectivity index (χ0n) is 17.7. The zero-order chi connectivity index (χ0) is 19.2. The lowest BCUT2D eigenvalue weighted by molar-refractivity contribution is -0.175. The van der Waals surface area contributed by atoms with E-state index in [0.29, 0.717) is 41.3 Å². The summed E-state index contributed by atoms with van der Waals surface area (Å²) in [4.78, 5) is 12.4. The fourth-order valence-electron chi connectivity index (χ4n) is 8.30. The van der Waals surface area contributed by atoms with Gasteiger partial charge in [0.15, 0.2) is 5.79 Å². The lowest BCUT2D eigenvalue weighted by atomic mass is 9.43. The largest absolute Gasteiger partial charge is 0.344 e. The number of Topliss-reactive ketones (excluding diaryl/α,β-unsaturated/α-hetero) is 1. The Labute approximate surface area is 164 Å². The molecule has 1 heterocycles. The minimum Gasteiger partial charge on any atom is -0.344 e. The van der Waals surface area contributed by atoms with Gasteiger partial charge in [-0.15, -0.1) is 0 Å². The first-order chi connectivity index (χ1) is 12.7. The minimum absolute atomic E-state index is 0.0903. The van der Waals surface area contributed by atoms with E-state index in [9.17, 15) is 4.79 Å². The molecule has 0 aromatic heterocycles. The highest BCUT2D eigenvalue weighted by molar-refractivity contribution is 5.79. The van der Waals surface area contributed by atoms with Crippen molar-refractivity contribution in [3.63, 3.8) is 0 Å². The van der Waals surface area contributed by atoms with Crippen LogP contribution in [0, 0.1) is 34.5 Å². The van der Waals surface area contributed by atoms with Crippen LogP contribution >= 0.6 is 0 Å². The van der Waals surface area contributed by atoms with Crippen LogP contribution in [0.25, 0.3) is 0 Å². The molecular weight excluding hydrogens is 336 g/mol. The summed E-state index contributed by atoms with van der Waals surface area (Å²) in [5, 5.41) is 0. The molecule has 3 heteroatoms. The molecule has 27 heavy (non-hydrogen) atoms. The van der Waals surface area contributed by atoms with Crippen molar-refractivity contribution in [2.45, 2.75) is 97.6 Å². The summed E-state index contributed by atoms with van der Waals surface area (Å²) in [6.45, 7) is 11.4. The first-order valence-electron chi connectivity index (χ1n) is 11.2. The lowest BCUT2D eigenvalue weighted by Gasteiger charge is -2.62. The SMILES string of the molecule is C/C=C1/CCC2C3C4OC(C)(C)O[C@@H]4C4CC(=O)CCC4(C)C3CC[C@]12C. The minimum atomic E-state index is -0.526. The number of allylic oxidation sites excluding steroid dienone is 2.